The fourth-order valence-electron chi connectivity index (χ4n) is 2.38. The van der Waals surface area contributed by atoms with E-state index >= 15 is 0 Å². The lowest BCUT2D eigenvalue weighted by Gasteiger charge is -2.34. The highest BCUT2D eigenvalue weighted by Crippen LogP contribution is 2.14. The molecule has 0 radical (unpaired) electrons. The molecule has 5 heteroatoms. The Kier molecular flexibility index (Phi) is 4.47. The van der Waals surface area contributed by atoms with Crippen LogP contribution in [0.3, 0.4) is 0 Å². The summed E-state index contributed by atoms with van der Waals surface area (Å²) in [5.41, 5.74) is 0.992. The van der Waals surface area contributed by atoms with Gasteiger partial charge in [-0.15, -0.1) is 0 Å². The molecule has 1 N–H and O–H groups in total. The zero-order valence-corrected chi connectivity index (χ0v) is 11.9. The normalized spacial score (nSPS) is 20.6. The van der Waals surface area contributed by atoms with Crippen LogP contribution in [0.2, 0.25) is 0 Å². The van der Waals surface area contributed by atoms with Gasteiger partial charge in [-0.2, -0.15) is 0 Å². The lowest BCUT2D eigenvalue weighted by molar-refractivity contribution is -0.129. The predicted octanol–water partition coefficient (Wildman–Crippen LogP) is 1.31. The molecule has 104 valence electrons. The minimum Gasteiger partial charge on any atom is -0.353 e. The van der Waals surface area contributed by atoms with Crippen LogP contribution in [0.4, 0.5) is 0 Å². The molecule has 1 aromatic heterocycles. The first kappa shape index (κ1) is 13.9. The molecule has 2 rings (SSSR count). The quantitative estimate of drug-likeness (QED) is 0.889. The van der Waals surface area contributed by atoms with Crippen LogP contribution in [0.5, 0.6) is 0 Å². The highest BCUT2D eigenvalue weighted by atomic mass is 16.2. The van der Waals surface area contributed by atoms with E-state index in [0.717, 1.165) is 31.0 Å². The van der Waals surface area contributed by atoms with Crippen LogP contribution in [0.1, 0.15) is 44.6 Å². The highest BCUT2D eigenvalue weighted by Gasteiger charge is 2.28. The van der Waals surface area contributed by atoms with Gasteiger partial charge in [0.25, 0.3) is 0 Å². The number of nitrogens with zero attached hydrogens (tertiary/aromatic N) is 3. The SMILES string of the molecule is CC[C@@H]1C(=O)NCCN1Cc1ccnc(C(C)C)n1. The molecule has 1 atom stereocenters. The summed E-state index contributed by atoms with van der Waals surface area (Å²) in [6, 6.07) is 1.90. The van der Waals surface area contributed by atoms with Gasteiger partial charge in [0.2, 0.25) is 5.91 Å². The highest BCUT2D eigenvalue weighted by molar-refractivity contribution is 5.82. The molecule has 2 heterocycles. The second kappa shape index (κ2) is 6.10. The van der Waals surface area contributed by atoms with Crippen molar-refractivity contribution in [2.24, 2.45) is 0 Å². The van der Waals surface area contributed by atoms with Crippen molar-refractivity contribution in [3.8, 4) is 0 Å². The second-order valence-corrected chi connectivity index (χ2v) is 5.25. The summed E-state index contributed by atoms with van der Waals surface area (Å²) < 4.78 is 0. The topological polar surface area (TPSA) is 58.1 Å². The van der Waals surface area contributed by atoms with E-state index in [2.05, 4.69) is 34.0 Å². The summed E-state index contributed by atoms with van der Waals surface area (Å²) in [5, 5.41) is 2.92. The lowest BCUT2D eigenvalue weighted by Crippen LogP contribution is -2.54. The molecule has 0 bridgehead atoms. The molecule has 1 aliphatic heterocycles. The van der Waals surface area contributed by atoms with Crippen LogP contribution in [-0.2, 0) is 11.3 Å². The standard InChI is InChI=1S/C14H22N4O/c1-4-12-14(19)16-7-8-18(12)9-11-5-6-15-13(17-11)10(2)3/h5-6,10,12H,4,7-9H2,1-3H3,(H,16,19)/t12-/m1/s1. The fraction of sp³-hybridized carbons (Fsp3) is 0.643. The van der Waals surface area contributed by atoms with Crippen molar-refractivity contribution in [3.63, 3.8) is 0 Å². The van der Waals surface area contributed by atoms with Gasteiger partial charge in [-0.3, -0.25) is 9.69 Å². The summed E-state index contributed by atoms with van der Waals surface area (Å²) >= 11 is 0. The smallest absolute Gasteiger partial charge is 0.237 e. The van der Waals surface area contributed by atoms with E-state index in [4.69, 9.17) is 0 Å². The zero-order valence-electron chi connectivity index (χ0n) is 11.9. The van der Waals surface area contributed by atoms with Gasteiger partial charge in [0, 0.05) is 31.7 Å². The van der Waals surface area contributed by atoms with Gasteiger partial charge < -0.3 is 5.32 Å². The predicted molar refractivity (Wildman–Crippen MR) is 73.6 cm³/mol. The van der Waals surface area contributed by atoms with Crippen molar-refractivity contribution >= 4 is 5.91 Å². The second-order valence-electron chi connectivity index (χ2n) is 5.25. The Morgan fingerprint density at radius 1 is 1.53 bits per heavy atom. The van der Waals surface area contributed by atoms with Gasteiger partial charge >= 0.3 is 0 Å². The van der Waals surface area contributed by atoms with Crippen LogP contribution < -0.4 is 5.32 Å². The van der Waals surface area contributed by atoms with Crippen molar-refractivity contribution in [2.45, 2.75) is 45.7 Å². The molecule has 1 aromatic rings. The third-order valence-corrected chi connectivity index (χ3v) is 3.44. The maximum Gasteiger partial charge on any atom is 0.237 e. The number of carbonyl (C=O) groups excluding carboxylic acids is 1. The van der Waals surface area contributed by atoms with Gasteiger partial charge in [0.15, 0.2) is 0 Å². The average Bonchev–Trinajstić information content (AvgIpc) is 2.39. The molecular weight excluding hydrogens is 240 g/mol. The van der Waals surface area contributed by atoms with Crippen molar-refractivity contribution in [3.05, 3.63) is 23.8 Å². The van der Waals surface area contributed by atoms with E-state index in [1.165, 1.54) is 0 Å². The summed E-state index contributed by atoms with van der Waals surface area (Å²) in [4.78, 5) is 22.9. The summed E-state index contributed by atoms with van der Waals surface area (Å²) in [6.45, 7) is 8.53. The van der Waals surface area contributed by atoms with Crippen molar-refractivity contribution < 1.29 is 4.79 Å². The Hall–Kier alpha value is -1.49. The van der Waals surface area contributed by atoms with E-state index in [1.807, 2.05) is 19.2 Å². The number of aromatic nitrogens is 2. The number of hydrogen-bond acceptors (Lipinski definition) is 4. The Balaban J connectivity index is 2.11. The Labute approximate surface area is 114 Å². The molecule has 1 saturated heterocycles. The lowest BCUT2D eigenvalue weighted by atomic mass is 10.1. The van der Waals surface area contributed by atoms with Gasteiger partial charge in [0.05, 0.1) is 11.7 Å². The summed E-state index contributed by atoms with van der Waals surface area (Å²) in [7, 11) is 0. The first-order chi connectivity index (χ1) is 9.11. The van der Waals surface area contributed by atoms with Crippen LogP contribution in [0.15, 0.2) is 12.3 Å². The van der Waals surface area contributed by atoms with E-state index < -0.39 is 0 Å². The molecule has 1 aliphatic rings. The number of rotatable bonds is 4. The van der Waals surface area contributed by atoms with Crippen LogP contribution in [0.25, 0.3) is 0 Å². The van der Waals surface area contributed by atoms with Crippen molar-refractivity contribution in [1.82, 2.24) is 20.2 Å². The van der Waals surface area contributed by atoms with Gasteiger partial charge in [-0.1, -0.05) is 20.8 Å². The molecule has 0 saturated carbocycles. The first-order valence-corrected chi connectivity index (χ1v) is 6.95. The van der Waals surface area contributed by atoms with Crippen LogP contribution in [0, 0.1) is 0 Å². The average molecular weight is 262 g/mol. The number of piperazine rings is 1. The first-order valence-electron chi connectivity index (χ1n) is 6.95. The molecule has 1 fully saturated rings. The maximum atomic E-state index is 11.8. The van der Waals surface area contributed by atoms with Crippen LogP contribution >= 0.6 is 0 Å². The molecule has 0 aromatic carbocycles. The number of nitrogens with one attached hydrogen (secondary N) is 1. The summed E-state index contributed by atoms with van der Waals surface area (Å²) in [6.07, 6.45) is 2.64. The minimum atomic E-state index is -0.0359. The molecule has 0 aliphatic carbocycles. The van der Waals surface area contributed by atoms with Crippen molar-refractivity contribution in [1.29, 1.82) is 0 Å². The third kappa shape index (κ3) is 3.29. The van der Waals surface area contributed by atoms with E-state index in [-0.39, 0.29) is 11.9 Å². The number of amides is 1. The maximum absolute atomic E-state index is 11.8. The Morgan fingerprint density at radius 2 is 2.32 bits per heavy atom. The molecule has 5 nitrogen and oxygen atoms in total. The van der Waals surface area contributed by atoms with E-state index in [9.17, 15) is 4.79 Å². The van der Waals surface area contributed by atoms with Crippen LogP contribution in [-0.4, -0.2) is 39.9 Å². The molecule has 0 spiro atoms. The van der Waals surface area contributed by atoms with Gasteiger partial charge in [0.1, 0.15) is 5.82 Å². The largest absolute Gasteiger partial charge is 0.353 e. The fourth-order valence-corrected chi connectivity index (χ4v) is 2.38. The minimum absolute atomic E-state index is 0.0359. The van der Waals surface area contributed by atoms with Gasteiger partial charge in [-0.25, -0.2) is 9.97 Å². The monoisotopic (exact) mass is 262 g/mol. The molecule has 19 heavy (non-hydrogen) atoms. The Morgan fingerprint density at radius 3 is 3.00 bits per heavy atom. The van der Waals surface area contributed by atoms with E-state index in [0.29, 0.717) is 12.5 Å². The van der Waals surface area contributed by atoms with E-state index in [1.54, 1.807) is 0 Å². The van der Waals surface area contributed by atoms with Gasteiger partial charge in [-0.05, 0) is 12.5 Å². The molecular formula is C14H22N4O. The summed E-state index contributed by atoms with van der Waals surface area (Å²) in [5.74, 6) is 1.32. The number of carbonyl (C=O) groups is 1. The Bertz CT molecular complexity index is 447. The number of hydrogen-bond donors (Lipinski definition) is 1. The van der Waals surface area contributed by atoms with Crippen molar-refractivity contribution in [2.75, 3.05) is 13.1 Å². The molecule has 1 amide bonds. The zero-order chi connectivity index (χ0) is 13.8. The third-order valence-electron chi connectivity index (χ3n) is 3.44. The molecule has 0 unspecified atom stereocenters.